The SMILES string of the molecule is CCCOc1ccccc1/C=N\NC(=O)C(=O)Nc1ccc(OC)cc1. The van der Waals surface area contributed by atoms with Crippen molar-refractivity contribution in [3.05, 3.63) is 54.1 Å². The number of anilines is 1. The summed E-state index contributed by atoms with van der Waals surface area (Å²) in [5.74, 6) is -0.372. The van der Waals surface area contributed by atoms with Crippen LogP contribution in [0.1, 0.15) is 18.9 Å². The van der Waals surface area contributed by atoms with Crippen LogP contribution in [0.4, 0.5) is 5.69 Å². The van der Waals surface area contributed by atoms with Gasteiger partial charge in [0.1, 0.15) is 11.5 Å². The third kappa shape index (κ3) is 5.62. The second-order valence-electron chi connectivity index (χ2n) is 5.27. The van der Waals surface area contributed by atoms with Gasteiger partial charge < -0.3 is 14.8 Å². The molecule has 7 heteroatoms. The minimum Gasteiger partial charge on any atom is -0.497 e. The van der Waals surface area contributed by atoms with Gasteiger partial charge in [0.05, 0.1) is 19.9 Å². The summed E-state index contributed by atoms with van der Waals surface area (Å²) in [5.41, 5.74) is 3.38. The molecule has 0 aliphatic heterocycles. The third-order valence-electron chi connectivity index (χ3n) is 3.30. The van der Waals surface area contributed by atoms with Crippen LogP contribution in [0.5, 0.6) is 11.5 Å². The van der Waals surface area contributed by atoms with Gasteiger partial charge >= 0.3 is 11.8 Å². The van der Waals surface area contributed by atoms with Crippen molar-refractivity contribution in [1.29, 1.82) is 0 Å². The molecular weight excluding hydrogens is 334 g/mol. The average Bonchev–Trinajstić information content (AvgIpc) is 2.67. The molecule has 2 N–H and O–H groups in total. The van der Waals surface area contributed by atoms with Crippen LogP contribution >= 0.6 is 0 Å². The van der Waals surface area contributed by atoms with E-state index in [9.17, 15) is 9.59 Å². The molecule has 0 fully saturated rings. The van der Waals surface area contributed by atoms with Crippen molar-refractivity contribution >= 4 is 23.7 Å². The van der Waals surface area contributed by atoms with Gasteiger partial charge in [-0.15, -0.1) is 0 Å². The molecule has 0 atom stereocenters. The lowest BCUT2D eigenvalue weighted by atomic mass is 10.2. The number of hydrogen-bond donors (Lipinski definition) is 2. The number of nitrogens with zero attached hydrogens (tertiary/aromatic N) is 1. The van der Waals surface area contributed by atoms with E-state index in [1.807, 2.05) is 25.1 Å². The van der Waals surface area contributed by atoms with Crippen molar-refractivity contribution in [2.45, 2.75) is 13.3 Å². The molecule has 0 heterocycles. The van der Waals surface area contributed by atoms with Crippen molar-refractivity contribution < 1.29 is 19.1 Å². The molecule has 2 aromatic rings. The van der Waals surface area contributed by atoms with Gasteiger partial charge in [-0.05, 0) is 42.8 Å². The Morgan fingerprint density at radius 1 is 1.08 bits per heavy atom. The standard InChI is InChI=1S/C19H21N3O4/c1-3-12-26-17-7-5-4-6-14(17)13-20-22-19(24)18(23)21-15-8-10-16(25-2)11-9-15/h4-11,13H,3,12H2,1-2H3,(H,21,23)(H,22,24)/b20-13-. The summed E-state index contributed by atoms with van der Waals surface area (Å²) in [6.45, 7) is 2.60. The zero-order chi connectivity index (χ0) is 18.8. The number of hydrazone groups is 1. The maximum atomic E-state index is 11.9. The first-order valence-electron chi connectivity index (χ1n) is 8.14. The number of carbonyl (C=O) groups is 2. The molecule has 0 unspecified atom stereocenters. The number of hydrogen-bond acceptors (Lipinski definition) is 5. The van der Waals surface area contributed by atoms with Crippen LogP contribution in [0.25, 0.3) is 0 Å². The number of benzene rings is 2. The van der Waals surface area contributed by atoms with E-state index in [1.54, 1.807) is 37.4 Å². The summed E-state index contributed by atoms with van der Waals surface area (Å²) in [6.07, 6.45) is 2.32. The van der Waals surface area contributed by atoms with E-state index in [0.29, 0.717) is 29.4 Å². The van der Waals surface area contributed by atoms with E-state index in [4.69, 9.17) is 9.47 Å². The maximum Gasteiger partial charge on any atom is 0.329 e. The monoisotopic (exact) mass is 355 g/mol. The number of rotatable bonds is 7. The fraction of sp³-hybridized carbons (Fsp3) is 0.211. The molecule has 0 radical (unpaired) electrons. The minimum atomic E-state index is -0.871. The van der Waals surface area contributed by atoms with Crippen molar-refractivity contribution in [3.63, 3.8) is 0 Å². The molecule has 0 aliphatic rings. The molecule has 0 spiro atoms. The number of methoxy groups -OCH3 is 1. The highest BCUT2D eigenvalue weighted by Crippen LogP contribution is 2.16. The fourth-order valence-electron chi connectivity index (χ4n) is 2.00. The summed E-state index contributed by atoms with van der Waals surface area (Å²) >= 11 is 0. The van der Waals surface area contributed by atoms with E-state index in [1.165, 1.54) is 6.21 Å². The first-order valence-corrected chi connectivity index (χ1v) is 8.14. The minimum absolute atomic E-state index is 0.480. The van der Waals surface area contributed by atoms with Gasteiger partial charge in [0.2, 0.25) is 0 Å². The van der Waals surface area contributed by atoms with Crippen molar-refractivity contribution in [2.24, 2.45) is 5.10 Å². The second-order valence-corrected chi connectivity index (χ2v) is 5.27. The number of nitrogens with one attached hydrogen (secondary N) is 2. The molecule has 2 rings (SSSR count). The smallest absolute Gasteiger partial charge is 0.329 e. The molecule has 0 saturated heterocycles. The lowest BCUT2D eigenvalue weighted by Crippen LogP contribution is -2.32. The summed E-state index contributed by atoms with van der Waals surface area (Å²) in [7, 11) is 1.55. The molecule has 136 valence electrons. The molecular formula is C19H21N3O4. The topological polar surface area (TPSA) is 89.0 Å². The highest BCUT2D eigenvalue weighted by atomic mass is 16.5. The maximum absolute atomic E-state index is 11.9. The molecule has 0 aliphatic carbocycles. The molecule has 7 nitrogen and oxygen atoms in total. The molecule has 0 saturated carbocycles. The number of para-hydroxylation sites is 1. The summed E-state index contributed by atoms with van der Waals surface area (Å²) in [4.78, 5) is 23.7. The molecule has 26 heavy (non-hydrogen) atoms. The zero-order valence-corrected chi connectivity index (χ0v) is 14.7. The number of carbonyl (C=O) groups excluding carboxylic acids is 2. The van der Waals surface area contributed by atoms with Gasteiger partial charge in [0, 0.05) is 11.3 Å². The van der Waals surface area contributed by atoms with Gasteiger partial charge in [-0.25, -0.2) is 5.43 Å². The molecule has 2 aromatic carbocycles. The quantitative estimate of drug-likeness (QED) is 0.454. The Bertz CT molecular complexity index is 773. The Morgan fingerprint density at radius 2 is 1.81 bits per heavy atom. The molecule has 2 amide bonds. The first-order chi connectivity index (χ1) is 12.6. The van der Waals surface area contributed by atoms with E-state index < -0.39 is 11.8 Å². The van der Waals surface area contributed by atoms with Crippen molar-refractivity contribution in [2.75, 3.05) is 19.0 Å². The average molecular weight is 355 g/mol. The number of amides is 2. The van der Waals surface area contributed by atoms with Gasteiger partial charge in [-0.1, -0.05) is 19.1 Å². The van der Waals surface area contributed by atoms with E-state index in [0.717, 1.165) is 6.42 Å². The van der Waals surface area contributed by atoms with Crippen LogP contribution < -0.4 is 20.2 Å². The highest BCUT2D eigenvalue weighted by Gasteiger charge is 2.12. The molecule has 0 bridgehead atoms. The molecule has 0 aromatic heterocycles. The van der Waals surface area contributed by atoms with Gasteiger partial charge in [0.15, 0.2) is 0 Å². The van der Waals surface area contributed by atoms with Crippen molar-refractivity contribution in [3.8, 4) is 11.5 Å². The Morgan fingerprint density at radius 3 is 2.50 bits per heavy atom. The van der Waals surface area contributed by atoms with Crippen LogP contribution in [-0.2, 0) is 9.59 Å². The van der Waals surface area contributed by atoms with Gasteiger partial charge in [-0.2, -0.15) is 5.10 Å². The first kappa shape index (κ1) is 19.0. The Hall–Kier alpha value is -3.35. The van der Waals surface area contributed by atoms with Crippen LogP contribution in [-0.4, -0.2) is 31.7 Å². The van der Waals surface area contributed by atoms with Crippen LogP contribution in [0.2, 0.25) is 0 Å². The second kappa shape index (κ2) is 9.83. The predicted octanol–water partition coefficient (Wildman–Crippen LogP) is 2.57. The van der Waals surface area contributed by atoms with Gasteiger partial charge in [0.25, 0.3) is 0 Å². The summed E-state index contributed by atoms with van der Waals surface area (Å²) in [5, 5.41) is 6.29. The Kier molecular flexibility index (Phi) is 7.17. The third-order valence-corrected chi connectivity index (χ3v) is 3.30. The van der Waals surface area contributed by atoms with Crippen LogP contribution in [0, 0.1) is 0 Å². The van der Waals surface area contributed by atoms with E-state index in [2.05, 4.69) is 15.8 Å². The van der Waals surface area contributed by atoms with E-state index in [-0.39, 0.29) is 0 Å². The largest absolute Gasteiger partial charge is 0.497 e. The zero-order valence-electron chi connectivity index (χ0n) is 14.7. The number of ether oxygens (including phenoxy) is 2. The lowest BCUT2D eigenvalue weighted by Gasteiger charge is -2.07. The van der Waals surface area contributed by atoms with Crippen LogP contribution in [0.3, 0.4) is 0 Å². The normalized spacial score (nSPS) is 10.4. The van der Waals surface area contributed by atoms with E-state index >= 15 is 0 Å². The van der Waals surface area contributed by atoms with Crippen LogP contribution in [0.15, 0.2) is 53.6 Å². The highest BCUT2D eigenvalue weighted by molar-refractivity contribution is 6.39. The lowest BCUT2D eigenvalue weighted by molar-refractivity contribution is -0.136. The Balaban J connectivity index is 1.91. The van der Waals surface area contributed by atoms with Crippen molar-refractivity contribution in [1.82, 2.24) is 5.43 Å². The fourth-order valence-corrected chi connectivity index (χ4v) is 2.00. The predicted molar refractivity (Wildman–Crippen MR) is 99.6 cm³/mol. The van der Waals surface area contributed by atoms with Gasteiger partial charge in [-0.3, -0.25) is 9.59 Å². The Labute approximate surface area is 152 Å². The summed E-state index contributed by atoms with van der Waals surface area (Å²) in [6, 6.07) is 13.9. The summed E-state index contributed by atoms with van der Waals surface area (Å²) < 4.78 is 10.6.